The van der Waals surface area contributed by atoms with Crippen LogP contribution in [0.3, 0.4) is 0 Å². The number of carbonyl (C=O) groups is 4. The van der Waals surface area contributed by atoms with E-state index in [0.717, 1.165) is 154 Å². The summed E-state index contributed by atoms with van der Waals surface area (Å²) in [5.41, 5.74) is 0. The van der Waals surface area contributed by atoms with Gasteiger partial charge in [0.25, 0.3) is 0 Å². The van der Waals surface area contributed by atoms with Crippen LogP contribution in [0.25, 0.3) is 0 Å². The summed E-state index contributed by atoms with van der Waals surface area (Å²) in [5.74, 6) is -2.44. The van der Waals surface area contributed by atoms with Crippen molar-refractivity contribution in [3.05, 3.63) is 182 Å². The van der Waals surface area contributed by atoms with Gasteiger partial charge in [0, 0.05) is 19.3 Å². The van der Waals surface area contributed by atoms with Crippen LogP contribution in [0.1, 0.15) is 259 Å². The molecule has 19 heteroatoms. The molecule has 0 saturated heterocycles. The molecular formula is C83H132O17P2. The SMILES string of the molecule is CC/C=C\C/C=C\C/C=C\C/C=C\C/C=C\CCCCCC(=O)OCC(COP(=O)(O)OCC(O)COP(=O)(O)OCC(COC(=O)CCCC/C=C\C/C=C\C/C=C\C/C=C\CC)OC(=O)CCCCCCC/C=C\CCCCCC)OC(=O)C/C=C\C/C=C\C/C=C\C/C=C\C/C=C\CC. The lowest BCUT2D eigenvalue weighted by Crippen LogP contribution is -2.30. The number of unbranched alkanes of at least 4 members (excludes halogenated alkanes) is 14. The van der Waals surface area contributed by atoms with Crippen LogP contribution in [0.4, 0.5) is 0 Å². The van der Waals surface area contributed by atoms with E-state index in [9.17, 15) is 43.2 Å². The first-order valence-corrected chi connectivity index (χ1v) is 41.0. The Kier molecular flexibility index (Phi) is 69.3. The van der Waals surface area contributed by atoms with E-state index in [0.29, 0.717) is 25.7 Å². The highest BCUT2D eigenvalue weighted by Gasteiger charge is 2.30. The maximum Gasteiger partial charge on any atom is 0.472 e. The molecule has 5 unspecified atom stereocenters. The first-order valence-electron chi connectivity index (χ1n) is 38.0. The van der Waals surface area contributed by atoms with Gasteiger partial charge in [0.15, 0.2) is 12.2 Å². The minimum Gasteiger partial charge on any atom is -0.462 e. The summed E-state index contributed by atoms with van der Waals surface area (Å²) >= 11 is 0. The smallest absolute Gasteiger partial charge is 0.462 e. The van der Waals surface area contributed by atoms with Crippen LogP contribution in [0.5, 0.6) is 0 Å². The maximum atomic E-state index is 13.1. The highest BCUT2D eigenvalue weighted by Crippen LogP contribution is 2.45. The second kappa shape index (κ2) is 73.5. The van der Waals surface area contributed by atoms with E-state index in [4.69, 9.17) is 37.0 Å². The molecule has 0 aromatic heterocycles. The molecule has 5 atom stereocenters. The predicted octanol–water partition coefficient (Wildman–Crippen LogP) is 22.0. The minimum absolute atomic E-state index is 0.0662. The molecule has 0 aromatic rings. The molecule has 0 radical (unpaired) electrons. The first-order chi connectivity index (χ1) is 49.7. The summed E-state index contributed by atoms with van der Waals surface area (Å²) in [7, 11) is -10.0. The highest BCUT2D eigenvalue weighted by molar-refractivity contribution is 7.47. The average molecular weight is 1460 g/mol. The lowest BCUT2D eigenvalue weighted by atomic mass is 10.1. The van der Waals surface area contributed by atoms with E-state index < -0.39 is 97.5 Å². The molecule has 576 valence electrons. The van der Waals surface area contributed by atoms with Gasteiger partial charge in [0.1, 0.15) is 19.3 Å². The van der Waals surface area contributed by atoms with Crippen LogP contribution in [0, 0.1) is 0 Å². The Morgan fingerprint density at radius 3 is 0.912 bits per heavy atom. The molecule has 0 amide bonds. The van der Waals surface area contributed by atoms with E-state index in [1.54, 1.807) is 12.2 Å². The van der Waals surface area contributed by atoms with Gasteiger partial charge < -0.3 is 33.8 Å². The number of esters is 4. The molecule has 0 saturated carbocycles. The van der Waals surface area contributed by atoms with Gasteiger partial charge in [0.2, 0.25) is 0 Å². The van der Waals surface area contributed by atoms with Crippen molar-refractivity contribution < 1.29 is 80.2 Å². The number of phosphoric acid groups is 2. The van der Waals surface area contributed by atoms with E-state index in [2.05, 4.69) is 186 Å². The van der Waals surface area contributed by atoms with Gasteiger partial charge in [-0.3, -0.25) is 37.3 Å². The minimum atomic E-state index is -5.02. The zero-order valence-electron chi connectivity index (χ0n) is 62.7. The summed E-state index contributed by atoms with van der Waals surface area (Å²) in [6.45, 7) is 4.26. The molecule has 0 aromatic carbocycles. The highest BCUT2D eigenvalue weighted by atomic mass is 31.2. The number of hydrogen-bond acceptors (Lipinski definition) is 15. The van der Waals surface area contributed by atoms with Gasteiger partial charge in [0.05, 0.1) is 32.8 Å². The molecule has 0 spiro atoms. The Morgan fingerprint density at radius 2 is 0.549 bits per heavy atom. The molecule has 0 rings (SSSR count). The molecule has 0 aliphatic heterocycles. The summed E-state index contributed by atoms with van der Waals surface area (Å²) in [6, 6.07) is 0. The predicted molar refractivity (Wildman–Crippen MR) is 417 cm³/mol. The summed E-state index contributed by atoms with van der Waals surface area (Å²) < 4.78 is 68.2. The third-order valence-corrected chi connectivity index (χ3v) is 16.8. The Balaban J connectivity index is 5.51. The van der Waals surface area contributed by atoms with E-state index in [1.807, 2.05) is 12.2 Å². The topological polar surface area (TPSA) is 237 Å². The summed E-state index contributed by atoms with van der Waals surface area (Å²) in [5, 5.41) is 10.6. The van der Waals surface area contributed by atoms with Crippen molar-refractivity contribution in [3.8, 4) is 0 Å². The van der Waals surface area contributed by atoms with E-state index >= 15 is 0 Å². The van der Waals surface area contributed by atoms with Gasteiger partial charge in [-0.25, -0.2) is 9.13 Å². The van der Waals surface area contributed by atoms with Crippen LogP contribution in [-0.4, -0.2) is 96.7 Å². The first kappa shape index (κ1) is 96.2. The quantitative estimate of drug-likeness (QED) is 0.0169. The van der Waals surface area contributed by atoms with E-state index in [1.165, 1.54) is 25.7 Å². The average Bonchev–Trinajstić information content (AvgIpc) is 0.924. The third kappa shape index (κ3) is 72.5. The molecule has 0 bridgehead atoms. The molecule has 0 aliphatic rings. The van der Waals surface area contributed by atoms with Crippen molar-refractivity contribution in [1.82, 2.24) is 0 Å². The van der Waals surface area contributed by atoms with Crippen molar-refractivity contribution in [2.75, 3.05) is 39.6 Å². The number of aliphatic hydroxyl groups excluding tert-OH is 1. The lowest BCUT2D eigenvalue weighted by Gasteiger charge is -2.21. The Labute approximate surface area is 615 Å². The van der Waals surface area contributed by atoms with Crippen LogP contribution < -0.4 is 0 Å². The normalized spacial score (nSPS) is 14.9. The second-order valence-corrected chi connectivity index (χ2v) is 27.4. The molecular weight excluding hydrogens is 1330 g/mol. The molecule has 0 aliphatic carbocycles. The lowest BCUT2D eigenvalue weighted by molar-refractivity contribution is -0.161. The third-order valence-electron chi connectivity index (χ3n) is 14.9. The second-order valence-electron chi connectivity index (χ2n) is 24.5. The van der Waals surface area contributed by atoms with Crippen molar-refractivity contribution >= 4 is 39.5 Å². The van der Waals surface area contributed by atoms with Crippen molar-refractivity contribution in [1.29, 1.82) is 0 Å². The zero-order valence-corrected chi connectivity index (χ0v) is 64.5. The van der Waals surface area contributed by atoms with Crippen LogP contribution >= 0.6 is 15.6 Å². The van der Waals surface area contributed by atoms with Gasteiger partial charge >= 0.3 is 39.5 Å². The fourth-order valence-electron chi connectivity index (χ4n) is 9.19. The number of ether oxygens (including phenoxy) is 4. The number of allylic oxidation sites excluding steroid dienone is 29. The number of hydrogen-bond donors (Lipinski definition) is 3. The standard InChI is InChI=1S/C83H132O17P2/c1-5-9-13-17-21-25-29-33-36-37-38-39-42-45-48-52-56-60-64-68-81(86)94-74-79(100-83(88)70-66-62-58-54-50-46-41-35-31-27-23-19-15-11-7-3)76-98-102(91,92)96-72-77(84)71-95-101(89,90)97-75-78(99-82(87)69-65-61-57-53-49-43-32-28-24-20-16-12-8-4)73-93-80(85)67-63-59-55-51-47-44-40-34-30-26-22-18-14-10-6-2/h9-11,13-15,21-23,25-28,32-36,38-41,45,47-48,50-51,54,62,66,77-79,84H,5-8,12,16-20,24,29-31,37,42-44,46,49,52-53,55-61,63-65,67-76H2,1-4H3,(H,89,90)(H,91,92)/b13-9-,14-10-,15-11-,25-21-,26-22-,27-23-,32-28-,36-33-,39-38-,40-34-,41-35-,48-45-,51-47-,54-50-,66-62-. The Bertz CT molecular complexity index is 2650. The fourth-order valence-corrected chi connectivity index (χ4v) is 10.8. The summed E-state index contributed by atoms with van der Waals surface area (Å²) in [6.07, 6.45) is 87.8. The summed E-state index contributed by atoms with van der Waals surface area (Å²) in [4.78, 5) is 72.8. The van der Waals surface area contributed by atoms with Crippen molar-refractivity contribution in [3.63, 3.8) is 0 Å². The van der Waals surface area contributed by atoms with Gasteiger partial charge in [-0.15, -0.1) is 0 Å². The number of carbonyl (C=O) groups excluding carboxylic acids is 4. The number of phosphoric ester groups is 2. The van der Waals surface area contributed by atoms with Gasteiger partial charge in [-0.1, -0.05) is 255 Å². The largest absolute Gasteiger partial charge is 0.472 e. The number of rotatable bonds is 69. The van der Waals surface area contributed by atoms with E-state index in [-0.39, 0.29) is 25.7 Å². The molecule has 102 heavy (non-hydrogen) atoms. The fraction of sp³-hybridized carbons (Fsp3) is 0.590. The Morgan fingerprint density at radius 1 is 0.294 bits per heavy atom. The monoisotopic (exact) mass is 1460 g/mol. The van der Waals surface area contributed by atoms with Crippen molar-refractivity contribution in [2.45, 2.75) is 277 Å². The zero-order chi connectivity index (χ0) is 74.6. The van der Waals surface area contributed by atoms with Gasteiger partial charge in [-0.2, -0.15) is 0 Å². The Hall–Kier alpha value is -5.84. The van der Waals surface area contributed by atoms with Crippen LogP contribution in [-0.2, 0) is 65.4 Å². The van der Waals surface area contributed by atoms with Crippen LogP contribution in [0.15, 0.2) is 182 Å². The van der Waals surface area contributed by atoms with Crippen LogP contribution in [0.2, 0.25) is 0 Å². The molecule has 17 nitrogen and oxygen atoms in total. The molecule has 0 fully saturated rings. The van der Waals surface area contributed by atoms with Crippen molar-refractivity contribution in [2.24, 2.45) is 0 Å². The molecule has 0 heterocycles. The maximum absolute atomic E-state index is 13.1. The molecule has 3 N–H and O–H groups in total. The van der Waals surface area contributed by atoms with Gasteiger partial charge in [-0.05, 0) is 161 Å². The number of aliphatic hydroxyl groups is 1.